The van der Waals surface area contributed by atoms with Crippen molar-refractivity contribution in [2.45, 2.75) is 19.3 Å². The molecule has 116 valence electrons. The van der Waals surface area contributed by atoms with Crippen LogP contribution in [0.4, 0.5) is 0 Å². The van der Waals surface area contributed by atoms with Crippen molar-refractivity contribution in [3.8, 4) is 0 Å². The summed E-state index contributed by atoms with van der Waals surface area (Å²) in [7, 11) is 1.91. The molecule has 1 heterocycles. The van der Waals surface area contributed by atoms with Crippen LogP contribution in [0.25, 0.3) is 0 Å². The molecule has 1 aliphatic rings. The van der Waals surface area contributed by atoms with E-state index in [0.29, 0.717) is 0 Å². The first kappa shape index (κ1) is 16.0. The normalized spacial score (nSPS) is 17.4. The molecule has 21 heavy (non-hydrogen) atoms. The lowest BCUT2D eigenvalue weighted by Crippen LogP contribution is -2.42. The summed E-state index contributed by atoms with van der Waals surface area (Å²) in [5.41, 5.74) is 1.11. The number of hydrogen-bond donors (Lipinski definition) is 0. The molecule has 1 saturated heterocycles. The summed E-state index contributed by atoms with van der Waals surface area (Å²) in [6.07, 6.45) is 0.838. The van der Waals surface area contributed by atoms with Crippen LogP contribution in [0.5, 0.6) is 0 Å². The van der Waals surface area contributed by atoms with E-state index in [-0.39, 0.29) is 11.8 Å². The van der Waals surface area contributed by atoms with Crippen LogP contribution in [-0.4, -0.2) is 62.1 Å². The molecule has 2 rings (SSSR count). The van der Waals surface area contributed by atoms with Gasteiger partial charge in [0.25, 0.3) is 0 Å². The van der Waals surface area contributed by atoms with Gasteiger partial charge >= 0.3 is 0 Å². The number of amides is 1. The van der Waals surface area contributed by atoms with Crippen LogP contribution in [0.1, 0.15) is 24.8 Å². The Morgan fingerprint density at radius 2 is 1.95 bits per heavy atom. The van der Waals surface area contributed by atoms with E-state index < -0.39 is 0 Å². The van der Waals surface area contributed by atoms with Crippen LogP contribution < -0.4 is 0 Å². The zero-order valence-corrected chi connectivity index (χ0v) is 13.1. The molecule has 0 spiro atoms. The van der Waals surface area contributed by atoms with Crippen LogP contribution in [0.2, 0.25) is 0 Å². The molecular weight excluding hydrogens is 264 g/mol. The SMILES string of the molecule is CCC(C(=O)N(C)CCN1CCOCC1)c1ccccc1. The molecule has 4 nitrogen and oxygen atoms in total. The third kappa shape index (κ3) is 4.55. The maximum absolute atomic E-state index is 12.6. The highest BCUT2D eigenvalue weighted by atomic mass is 16.5. The summed E-state index contributed by atoms with van der Waals surface area (Å²) >= 11 is 0. The average molecular weight is 290 g/mol. The first-order chi connectivity index (χ1) is 10.2. The summed E-state index contributed by atoms with van der Waals surface area (Å²) in [6, 6.07) is 10.1. The maximum atomic E-state index is 12.6. The summed E-state index contributed by atoms with van der Waals surface area (Å²) < 4.78 is 5.35. The topological polar surface area (TPSA) is 32.8 Å². The molecule has 0 saturated carbocycles. The molecule has 0 aliphatic carbocycles. The van der Waals surface area contributed by atoms with Gasteiger partial charge in [-0.25, -0.2) is 0 Å². The molecule has 1 fully saturated rings. The van der Waals surface area contributed by atoms with Gasteiger partial charge in [-0.15, -0.1) is 0 Å². The van der Waals surface area contributed by atoms with E-state index >= 15 is 0 Å². The molecule has 0 N–H and O–H groups in total. The Bertz CT molecular complexity index is 430. The highest BCUT2D eigenvalue weighted by Crippen LogP contribution is 2.21. The summed E-state index contributed by atoms with van der Waals surface area (Å²) in [4.78, 5) is 16.9. The molecule has 0 bridgehead atoms. The van der Waals surface area contributed by atoms with Crippen molar-refractivity contribution in [1.82, 2.24) is 9.80 Å². The van der Waals surface area contributed by atoms with E-state index in [0.717, 1.165) is 51.4 Å². The number of rotatable bonds is 6. The molecule has 1 aromatic rings. The first-order valence-corrected chi connectivity index (χ1v) is 7.82. The van der Waals surface area contributed by atoms with Gasteiger partial charge in [-0.1, -0.05) is 37.3 Å². The Balaban J connectivity index is 1.88. The van der Waals surface area contributed by atoms with Gasteiger partial charge in [0, 0.05) is 33.2 Å². The monoisotopic (exact) mass is 290 g/mol. The molecule has 1 aliphatic heterocycles. The smallest absolute Gasteiger partial charge is 0.229 e. The molecule has 1 aromatic carbocycles. The predicted octanol–water partition coefficient (Wildman–Crippen LogP) is 1.97. The second-order valence-electron chi connectivity index (χ2n) is 5.59. The van der Waals surface area contributed by atoms with Crippen LogP contribution in [0, 0.1) is 0 Å². The standard InChI is InChI=1S/C17H26N2O2/c1-3-16(15-7-5-4-6-8-15)17(20)18(2)9-10-19-11-13-21-14-12-19/h4-8,16H,3,9-14H2,1-2H3. The van der Waals surface area contributed by atoms with Gasteiger partial charge in [-0.2, -0.15) is 0 Å². The van der Waals surface area contributed by atoms with Gasteiger partial charge in [0.2, 0.25) is 5.91 Å². The third-order valence-electron chi connectivity index (χ3n) is 4.14. The molecule has 0 radical (unpaired) electrons. The number of carbonyl (C=O) groups excluding carboxylic acids is 1. The molecule has 1 unspecified atom stereocenters. The Hall–Kier alpha value is -1.39. The van der Waals surface area contributed by atoms with Gasteiger partial charge < -0.3 is 9.64 Å². The second kappa shape index (κ2) is 8.15. The Morgan fingerprint density at radius 3 is 2.57 bits per heavy atom. The number of benzene rings is 1. The number of carbonyl (C=O) groups is 1. The minimum absolute atomic E-state index is 0.0270. The summed E-state index contributed by atoms with van der Waals surface area (Å²) in [6.45, 7) is 7.33. The fraction of sp³-hybridized carbons (Fsp3) is 0.588. The lowest BCUT2D eigenvalue weighted by atomic mass is 9.95. The minimum Gasteiger partial charge on any atom is -0.379 e. The van der Waals surface area contributed by atoms with Crippen LogP contribution in [0.3, 0.4) is 0 Å². The van der Waals surface area contributed by atoms with E-state index in [1.54, 1.807) is 0 Å². The van der Waals surface area contributed by atoms with E-state index in [1.807, 2.05) is 42.3 Å². The van der Waals surface area contributed by atoms with Crippen molar-refractivity contribution in [1.29, 1.82) is 0 Å². The van der Waals surface area contributed by atoms with E-state index in [9.17, 15) is 4.79 Å². The number of morpholine rings is 1. The van der Waals surface area contributed by atoms with Gasteiger partial charge in [0.15, 0.2) is 0 Å². The highest BCUT2D eigenvalue weighted by Gasteiger charge is 2.22. The van der Waals surface area contributed by atoms with Gasteiger partial charge in [-0.05, 0) is 12.0 Å². The summed E-state index contributed by atoms with van der Waals surface area (Å²) in [5.74, 6) is 0.192. The Labute approximate surface area is 127 Å². The van der Waals surface area contributed by atoms with E-state index in [1.165, 1.54) is 0 Å². The van der Waals surface area contributed by atoms with Crippen molar-refractivity contribution in [3.63, 3.8) is 0 Å². The predicted molar refractivity (Wildman–Crippen MR) is 84.4 cm³/mol. The number of nitrogens with zero attached hydrogens (tertiary/aromatic N) is 2. The zero-order valence-electron chi connectivity index (χ0n) is 13.1. The Kier molecular flexibility index (Phi) is 6.21. The van der Waals surface area contributed by atoms with E-state index in [2.05, 4.69) is 11.8 Å². The molecular formula is C17H26N2O2. The lowest BCUT2D eigenvalue weighted by Gasteiger charge is -2.30. The fourth-order valence-electron chi connectivity index (χ4n) is 2.73. The van der Waals surface area contributed by atoms with Crippen molar-refractivity contribution in [2.75, 3.05) is 46.4 Å². The van der Waals surface area contributed by atoms with Crippen LogP contribution in [0.15, 0.2) is 30.3 Å². The van der Waals surface area contributed by atoms with Gasteiger partial charge in [0.05, 0.1) is 19.1 Å². The third-order valence-corrected chi connectivity index (χ3v) is 4.14. The van der Waals surface area contributed by atoms with Crippen molar-refractivity contribution >= 4 is 5.91 Å². The largest absolute Gasteiger partial charge is 0.379 e. The minimum atomic E-state index is -0.0270. The van der Waals surface area contributed by atoms with Crippen molar-refractivity contribution in [3.05, 3.63) is 35.9 Å². The second-order valence-corrected chi connectivity index (χ2v) is 5.59. The van der Waals surface area contributed by atoms with Gasteiger partial charge in [0.1, 0.15) is 0 Å². The fourth-order valence-corrected chi connectivity index (χ4v) is 2.73. The number of ether oxygens (including phenoxy) is 1. The number of likely N-dealkylation sites (N-methyl/N-ethyl adjacent to an activating group) is 1. The first-order valence-electron chi connectivity index (χ1n) is 7.82. The van der Waals surface area contributed by atoms with Crippen LogP contribution in [-0.2, 0) is 9.53 Å². The number of hydrogen-bond acceptors (Lipinski definition) is 3. The van der Waals surface area contributed by atoms with E-state index in [4.69, 9.17) is 4.74 Å². The summed E-state index contributed by atoms with van der Waals surface area (Å²) in [5, 5.41) is 0. The molecule has 1 atom stereocenters. The zero-order chi connectivity index (χ0) is 15.1. The van der Waals surface area contributed by atoms with Crippen molar-refractivity contribution < 1.29 is 9.53 Å². The molecule has 1 amide bonds. The molecule has 4 heteroatoms. The maximum Gasteiger partial charge on any atom is 0.229 e. The highest BCUT2D eigenvalue weighted by molar-refractivity contribution is 5.83. The van der Waals surface area contributed by atoms with Crippen molar-refractivity contribution in [2.24, 2.45) is 0 Å². The average Bonchev–Trinajstić information content (AvgIpc) is 2.55. The quantitative estimate of drug-likeness (QED) is 0.803. The Morgan fingerprint density at radius 1 is 1.29 bits per heavy atom. The van der Waals surface area contributed by atoms with Crippen LogP contribution >= 0.6 is 0 Å². The molecule has 0 aromatic heterocycles. The van der Waals surface area contributed by atoms with Gasteiger partial charge in [-0.3, -0.25) is 9.69 Å². The lowest BCUT2D eigenvalue weighted by molar-refractivity contribution is -0.131.